The van der Waals surface area contributed by atoms with Crippen molar-refractivity contribution in [1.29, 1.82) is 0 Å². The van der Waals surface area contributed by atoms with Gasteiger partial charge in [0.2, 0.25) is 0 Å². The molecule has 1 aromatic carbocycles. The Morgan fingerprint density at radius 3 is 2.52 bits per heavy atom. The van der Waals surface area contributed by atoms with Crippen molar-refractivity contribution in [3.63, 3.8) is 0 Å². The molecule has 2 N–H and O–H groups in total. The predicted molar refractivity (Wildman–Crippen MR) is 117 cm³/mol. The fourth-order valence-corrected chi connectivity index (χ4v) is 3.98. The molecule has 1 saturated carbocycles. The lowest BCUT2D eigenvalue weighted by Gasteiger charge is -2.43. The van der Waals surface area contributed by atoms with E-state index in [0.29, 0.717) is 17.9 Å². The molecule has 1 aromatic rings. The summed E-state index contributed by atoms with van der Waals surface area (Å²) in [5.74, 6) is -0.144. The van der Waals surface area contributed by atoms with E-state index in [-0.39, 0.29) is 24.9 Å². The molecule has 2 rings (SSSR count). The normalized spacial score (nSPS) is 16.4. The number of amides is 2. The van der Waals surface area contributed by atoms with E-state index in [4.69, 9.17) is 16.7 Å². The minimum absolute atomic E-state index is 0.104. The molecule has 0 bridgehead atoms. The van der Waals surface area contributed by atoms with Gasteiger partial charge in [-0.1, -0.05) is 57.0 Å². The monoisotopic (exact) mass is 420 g/mol. The summed E-state index contributed by atoms with van der Waals surface area (Å²) in [6, 6.07) is 5.67. The molecule has 0 aromatic heterocycles. The number of carbonyl (C=O) groups excluding carboxylic acids is 1. The summed E-state index contributed by atoms with van der Waals surface area (Å²) in [7, 11) is 0. The topological polar surface area (TPSA) is 69.6 Å². The number of rotatable bonds is 8. The molecule has 0 atom stereocenters. The highest BCUT2D eigenvalue weighted by Crippen LogP contribution is 2.51. The first-order chi connectivity index (χ1) is 13.5. The molecule has 1 aliphatic rings. The van der Waals surface area contributed by atoms with Gasteiger partial charge in [-0.25, -0.2) is 4.79 Å². The number of carbonyl (C=O) groups is 2. The summed E-state index contributed by atoms with van der Waals surface area (Å²) in [5, 5.41) is 12.6. The molecule has 5 nitrogen and oxygen atoms in total. The van der Waals surface area contributed by atoms with Crippen LogP contribution in [0.25, 0.3) is 0 Å². The van der Waals surface area contributed by atoms with Crippen molar-refractivity contribution in [2.24, 2.45) is 11.3 Å². The molecule has 29 heavy (non-hydrogen) atoms. The van der Waals surface area contributed by atoms with Crippen LogP contribution in [0.3, 0.4) is 0 Å². The Kier molecular flexibility index (Phi) is 7.75. The number of halogens is 1. The third-order valence-electron chi connectivity index (χ3n) is 5.64. The van der Waals surface area contributed by atoms with Crippen molar-refractivity contribution in [3.05, 3.63) is 46.1 Å². The Bertz CT molecular complexity index is 778. The van der Waals surface area contributed by atoms with E-state index in [1.807, 2.05) is 32.9 Å². The number of nitrogens with one attached hydrogen (secondary N) is 1. The van der Waals surface area contributed by atoms with Gasteiger partial charge in [0.05, 0.1) is 6.42 Å². The van der Waals surface area contributed by atoms with Crippen molar-refractivity contribution in [3.8, 4) is 0 Å². The highest BCUT2D eigenvalue weighted by molar-refractivity contribution is 6.31. The molecule has 0 unspecified atom stereocenters. The lowest BCUT2D eigenvalue weighted by atomic mass is 9.62. The number of hydrogen-bond donors (Lipinski definition) is 2. The van der Waals surface area contributed by atoms with E-state index in [0.717, 1.165) is 29.0 Å². The number of allylic oxidation sites excluding steroid dienone is 1. The highest BCUT2D eigenvalue weighted by Gasteiger charge is 2.37. The summed E-state index contributed by atoms with van der Waals surface area (Å²) in [6.07, 6.45) is 3.91. The van der Waals surface area contributed by atoms with E-state index in [1.54, 1.807) is 6.20 Å². The average molecular weight is 421 g/mol. The molecule has 160 valence electrons. The summed E-state index contributed by atoms with van der Waals surface area (Å²) < 4.78 is 0. The van der Waals surface area contributed by atoms with E-state index in [9.17, 15) is 9.59 Å². The maximum Gasteiger partial charge on any atom is 0.321 e. The third-order valence-corrected chi connectivity index (χ3v) is 5.97. The van der Waals surface area contributed by atoms with Crippen LogP contribution < -0.4 is 5.32 Å². The van der Waals surface area contributed by atoms with Gasteiger partial charge in [-0.05, 0) is 54.2 Å². The van der Waals surface area contributed by atoms with Crippen LogP contribution in [0.4, 0.5) is 4.79 Å². The number of benzene rings is 1. The SMILES string of the molecule is C/C(=C\N(CCC(=O)O)C(=O)NCc1ccc(C2CC(C)(C)C2)c(Cl)c1)C(C)C. The Morgan fingerprint density at radius 2 is 2.00 bits per heavy atom. The van der Waals surface area contributed by atoms with Crippen LogP contribution in [0.1, 0.15) is 70.9 Å². The summed E-state index contributed by atoms with van der Waals surface area (Å²) >= 11 is 6.50. The fraction of sp³-hybridized carbons (Fsp3) is 0.565. The van der Waals surface area contributed by atoms with Gasteiger partial charge in [0.1, 0.15) is 0 Å². The predicted octanol–water partition coefficient (Wildman–Crippen LogP) is 5.79. The molecule has 1 fully saturated rings. The molecule has 1 aliphatic carbocycles. The molecular weight excluding hydrogens is 388 g/mol. The first kappa shape index (κ1) is 23.3. The second-order valence-corrected chi connectivity index (χ2v) is 9.56. The lowest BCUT2D eigenvalue weighted by Crippen LogP contribution is -2.37. The van der Waals surface area contributed by atoms with E-state index < -0.39 is 5.97 Å². The fourth-order valence-electron chi connectivity index (χ4n) is 3.62. The number of aliphatic carboxylic acids is 1. The molecule has 2 amide bonds. The van der Waals surface area contributed by atoms with E-state index in [1.165, 1.54) is 10.5 Å². The van der Waals surface area contributed by atoms with Gasteiger partial charge in [-0.3, -0.25) is 4.79 Å². The summed E-state index contributed by atoms with van der Waals surface area (Å²) in [4.78, 5) is 25.0. The minimum Gasteiger partial charge on any atom is -0.481 e. The van der Waals surface area contributed by atoms with Crippen molar-refractivity contribution in [1.82, 2.24) is 10.2 Å². The minimum atomic E-state index is -0.931. The van der Waals surface area contributed by atoms with Crippen LogP contribution in [0.5, 0.6) is 0 Å². The van der Waals surface area contributed by atoms with Crippen LogP contribution in [-0.4, -0.2) is 28.6 Å². The number of urea groups is 1. The molecule has 6 heteroatoms. The highest BCUT2D eigenvalue weighted by atomic mass is 35.5. The van der Waals surface area contributed by atoms with Crippen molar-refractivity contribution in [2.45, 2.75) is 66.3 Å². The second-order valence-electron chi connectivity index (χ2n) is 9.15. The number of hydrogen-bond acceptors (Lipinski definition) is 2. The van der Waals surface area contributed by atoms with E-state index in [2.05, 4.69) is 25.2 Å². The standard InChI is InChI=1S/C23H33ClN2O3/c1-15(2)16(3)14-26(9-8-21(27)28)22(29)25-13-17-6-7-19(20(24)10-17)18-11-23(4,5)12-18/h6-7,10,14-15,18H,8-9,11-13H2,1-5H3,(H,25,29)(H,27,28)/b16-14+. The van der Waals surface area contributed by atoms with Crippen molar-refractivity contribution < 1.29 is 14.7 Å². The van der Waals surface area contributed by atoms with Gasteiger partial charge in [0, 0.05) is 24.3 Å². The third kappa shape index (κ3) is 6.77. The van der Waals surface area contributed by atoms with Gasteiger partial charge in [0.15, 0.2) is 0 Å². The van der Waals surface area contributed by atoms with Crippen LogP contribution in [0.15, 0.2) is 30.0 Å². The Balaban J connectivity index is 2.00. The zero-order chi connectivity index (χ0) is 21.8. The van der Waals surface area contributed by atoms with Crippen molar-refractivity contribution >= 4 is 23.6 Å². The Morgan fingerprint density at radius 1 is 1.34 bits per heavy atom. The summed E-state index contributed by atoms with van der Waals surface area (Å²) in [5.41, 5.74) is 3.51. The first-order valence-electron chi connectivity index (χ1n) is 10.2. The van der Waals surface area contributed by atoms with E-state index >= 15 is 0 Å². The zero-order valence-electron chi connectivity index (χ0n) is 18.1. The van der Waals surface area contributed by atoms with Crippen LogP contribution >= 0.6 is 11.6 Å². The molecule has 0 aliphatic heterocycles. The molecular formula is C23H33ClN2O3. The van der Waals surface area contributed by atoms with Gasteiger partial charge in [-0.15, -0.1) is 0 Å². The number of carboxylic acid groups (broad SMARTS) is 1. The quantitative estimate of drug-likeness (QED) is 0.559. The van der Waals surface area contributed by atoms with Gasteiger partial charge in [-0.2, -0.15) is 0 Å². The van der Waals surface area contributed by atoms with Crippen LogP contribution in [0, 0.1) is 11.3 Å². The Hall–Kier alpha value is -2.01. The van der Waals surface area contributed by atoms with Gasteiger partial charge in [0.25, 0.3) is 0 Å². The van der Waals surface area contributed by atoms with Crippen molar-refractivity contribution in [2.75, 3.05) is 6.54 Å². The largest absolute Gasteiger partial charge is 0.481 e. The lowest BCUT2D eigenvalue weighted by molar-refractivity contribution is -0.137. The molecule has 0 spiro atoms. The van der Waals surface area contributed by atoms with Crippen LogP contribution in [-0.2, 0) is 11.3 Å². The van der Waals surface area contributed by atoms with Gasteiger partial charge >= 0.3 is 12.0 Å². The first-order valence-corrected chi connectivity index (χ1v) is 10.6. The smallest absolute Gasteiger partial charge is 0.321 e. The Labute approximate surface area is 179 Å². The number of carboxylic acids is 1. The maximum absolute atomic E-state index is 12.6. The second kappa shape index (κ2) is 9.66. The summed E-state index contributed by atoms with van der Waals surface area (Å²) in [6.45, 7) is 11.0. The molecule has 0 saturated heterocycles. The number of nitrogens with zero attached hydrogens (tertiary/aromatic N) is 1. The molecule has 0 radical (unpaired) electrons. The average Bonchev–Trinajstić information content (AvgIpc) is 2.60. The maximum atomic E-state index is 12.6. The molecule has 0 heterocycles. The van der Waals surface area contributed by atoms with Crippen LogP contribution in [0.2, 0.25) is 5.02 Å². The zero-order valence-corrected chi connectivity index (χ0v) is 18.8. The van der Waals surface area contributed by atoms with Gasteiger partial charge < -0.3 is 15.3 Å².